The van der Waals surface area contributed by atoms with Gasteiger partial charge < -0.3 is 44.6 Å². The van der Waals surface area contributed by atoms with Gasteiger partial charge >= 0.3 is 12.2 Å². The average molecular weight is 952 g/mol. The number of methoxy groups -OCH3 is 2. The summed E-state index contributed by atoms with van der Waals surface area (Å²) in [6.45, 7) is 7.71. The molecule has 4 amide bonds. The molecule has 7 heterocycles. The molecule has 17 heteroatoms. The Kier molecular flexibility index (Phi) is 10.5. The zero-order valence-electron chi connectivity index (χ0n) is 39.5. The second kappa shape index (κ2) is 16.5. The highest BCUT2D eigenvalue weighted by Crippen LogP contribution is 2.55. The number of alkyl carbamates (subject to hydrolysis) is 2. The molecule has 6 aliphatic rings. The van der Waals surface area contributed by atoms with Crippen LogP contribution in [0.15, 0.2) is 67.0 Å². The highest BCUT2D eigenvalue weighted by molar-refractivity contribution is 7.12. The summed E-state index contributed by atoms with van der Waals surface area (Å²) < 4.78 is 19.1. The molecule has 9 atom stereocenters. The zero-order chi connectivity index (χ0) is 47.6. The van der Waals surface area contributed by atoms with Crippen LogP contribution in [-0.4, -0.2) is 96.7 Å². The highest BCUT2D eigenvalue weighted by Gasteiger charge is 2.57. The van der Waals surface area contributed by atoms with Gasteiger partial charge in [-0.1, -0.05) is 39.8 Å². The van der Waals surface area contributed by atoms with Crippen LogP contribution < -0.4 is 15.4 Å². The number of fused-ring (bicyclic) bond motifs is 7. The first-order valence-corrected chi connectivity index (χ1v) is 25.2. The minimum atomic E-state index is -0.705. The predicted molar refractivity (Wildman–Crippen MR) is 258 cm³/mol. The first kappa shape index (κ1) is 43.6. The topological polar surface area (TPSA) is 189 Å². The predicted octanol–water partition coefficient (Wildman–Crippen LogP) is 9.05. The molecule has 1 unspecified atom stereocenters. The number of ether oxygens (including phenoxy) is 3. The summed E-state index contributed by atoms with van der Waals surface area (Å²) in [5, 5.41) is 6.60. The third-order valence-corrected chi connectivity index (χ3v) is 16.7. The number of aromatic amines is 2. The third kappa shape index (κ3) is 7.54. The fourth-order valence-corrected chi connectivity index (χ4v) is 12.6. The fourth-order valence-electron chi connectivity index (χ4n) is 11.4. The van der Waals surface area contributed by atoms with E-state index >= 15 is 0 Å². The van der Waals surface area contributed by atoms with Crippen molar-refractivity contribution in [3.63, 3.8) is 0 Å². The van der Waals surface area contributed by atoms with Gasteiger partial charge in [-0.25, -0.2) is 19.6 Å². The van der Waals surface area contributed by atoms with Crippen LogP contribution in [0.2, 0.25) is 0 Å². The summed E-state index contributed by atoms with van der Waals surface area (Å²) in [7, 11) is 2.62. The SMILES string of the molecule is COC(=O)N[C@H](C(=O)N1[C@@H]2C[C@@H]2C[C@H]1c1ncc(-c2ccc3c(c2)OC(c2ccc(C4CC4)s2)n2c-3cc3cc(-c4cnc([C@@H]5C[C@H]6C[C@H]6N5C(=O)[C@@H](NC(=O)OC)C(C)C)[nH]4)ccc32)[nH]1)C(C)C. The molecule has 2 aromatic carbocycles. The van der Waals surface area contributed by atoms with Crippen LogP contribution in [0.3, 0.4) is 0 Å². The smallest absolute Gasteiger partial charge is 0.407 e. The fraction of sp³-hybridized carbons (Fsp3) is 0.462. The summed E-state index contributed by atoms with van der Waals surface area (Å²) in [5.74, 6) is 3.24. The van der Waals surface area contributed by atoms with Crippen LogP contribution in [0.1, 0.15) is 112 Å². The van der Waals surface area contributed by atoms with Gasteiger partial charge in [-0.05, 0) is 111 Å². The number of H-pyrrole nitrogens is 2. The number of piperidine rings is 2. The standard InChI is InChI=1S/C52H57N9O7S/c1-24(2)44(57-51(64)66-5)48(62)59-36-16-30(36)19-39(59)46-53-22-33(55-46)27-10-12-35-29(15-27)18-38-32-11-9-28(21-41(32)68-50(61(35)38)43-14-13-42(69-43)26-7-8-26)34-23-54-47(56-34)40-20-31-17-37(31)60(40)49(63)45(25(3)4)58-52(65)67-6/h9-15,18,21-26,30-31,36-37,39-40,44-45,50H,7-8,16-17,19-20H2,1-6H3,(H,53,55)(H,54,56)(H,57,64)(H,58,65)/t30-,31-,36-,37-,39+,40+,44+,45+,50?/m1/s1. The van der Waals surface area contributed by atoms with Gasteiger partial charge in [0.05, 0.1) is 66.2 Å². The summed E-state index contributed by atoms with van der Waals surface area (Å²) in [5.41, 5.74) is 6.67. The summed E-state index contributed by atoms with van der Waals surface area (Å²) in [6, 6.07) is 17.9. The number of hydrogen-bond donors (Lipinski definition) is 4. The molecule has 3 saturated carbocycles. The Labute approximate surface area is 403 Å². The number of carbonyl (C=O) groups is 4. The van der Waals surface area contributed by atoms with E-state index in [4.69, 9.17) is 24.2 Å². The number of aromatic nitrogens is 5. The van der Waals surface area contributed by atoms with Crippen molar-refractivity contribution in [3.05, 3.63) is 88.4 Å². The molecule has 4 N–H and O–H groups in total. The van der Waals surface area contributed by atoms with Crippen LogP contribution >= 0.6 is 11.3 Å². The van der Waals surface area contributed by atoms with E-state index in [2.05, 4.69) is 79.8 Å². The lowest BCUT2D eigenvalue weighted by Crippen LogP contribution is -2.52. The monoisotopic (exact) mass is 951 g/mol. The number of nitrogens with zero attached hydrogens (tertiary/aromatic N) is 5. The quantitative estimate of drug-likeness (QED) is 0.0928. The lowest BCUT2D eigenvalue weighted by molar-refractivity contribution is -0.137. The van der Waals surface area contributed by atoms with E-state index in [0.717, 1.165) is 92.6 Å². The first-order chi connectivity index (χ1) is 33.4. The number of nitrogens with one attached hydrogen (secondary N) is 4. The number of thiophene rings is 1. The molecule has 3 aliphatic carbocycles. The second-order valence-corrected chi connectivity index (χ2v) is 21.7. The Balaban J connectivity index is 0.847. The number of likely N-dealkylation sites (tertiary alicyclic amines) is 2. The molecule has 4 aromatic heterocycles. The Bertz CT molecular complexity index is 3040. The molecule has 0 bridgehead atoms. The summed E-state index contributed by atoms with van der Waals surface area (Å²) in [4.78, 5) is 75.9. The van der Waals surface area contributed by atoms with Gasteiger partial charge in [0.1, 0.15) is 29.5 Å². The molecule has 0 spiro atoms. The van der Waals surface area contributed by atoms with Crippen molar-refractivity contribution in [2.75, 3.05) is 14.2 Å². The van der Waals surface area contributed by atoms with Gasteiger partial charge in [-0.15, -0.1) is 11.3 Å². The maximum absolute atomic E-state index is 14.1. The van der Waals surface area contributed by atoms with E-state index in [9.17, 15) is 19.2 Å². The van der Waals surface area contributed by atoms with E-state index in [1.165, 1.54) is 31.9 Å². The molecule has 6 aromatic rings. The third-order valence-electron chi connectivity index (χ3n) is 15.4. The number of carbonyl (C=O) groups excluding carboxylic acids is 4. The molecular formula is C52H57N9O7S. The van der Waals surface area contributed by atoms with Gasteiger partial charge in [0.25, 0.3) is 0 Å². The van der Waals surface area contributed by atoms with E-state index in [1.54, 1.807) is 0 Å². The van der Waals surface area contributed by atoms with Crippen molar-refractivity contribution >= 4 is 46.2 Å². The number of benzene rings is 2. The van der Waals surface area contributed by atoms with Crippen LogP contribution in [0, 0.1) is 23.7 Å². The lowest BCUT2D eigenvalue weighted by atomic mass is 10.0. The second-order valence-electron chi connectivity index (χ2n) is 20.6. The number of amides is 4. The van der Waals surface area contributed by atoms with E-state index in [-0.39, 0.29) is 47.8 Å². The van der Waals surface area contributed by atoms with Crippen LogP contribution in [0.25, 0.3) is 44.7 Å². The Morgan fingerprint density at radius 1 is 0.710 bits per heavy atom. The zero-order valence-corrected chi connectivity index (χ0v) is 40.3. The molecular weight excluding hydrogens is 895 g/mol. The number of hydrogen-bond acceptors (Lipinski definition) is 10. The van der Waals surface area contributed by atoms with E-state index in [0.29, 0.717) is 17.8 Å². The largest absolute Gasteiger partial charge is 0.464 e. The summed E-state index contributed by atoms with van der Waals surface area (Å²) in [6.07, 6.45) is 8.07. The van der Waals surface area contributed by atoms with Gasteiger partial charge in [0.2, 0.25) is 18.0 Å². The normalized spacial score (nSPS) is 24.8. The van der Waals surface area contributed by atoms with Crippen molar-refractivity contribution in [2.24, 2.45) is 23.7 Å². The van der Waals surface area contributed by atoms with Crippen molar-refractivity contribution in [1.82, 2.24) is 44.9 Å². The Hall–Kier alpha value is -6.62. The highest BCUT2D eigenvalue weighted by atomic mass is 32.1. The van der Waals surface area contributed by atoms with Crippen LogP contribution in [0.4, 0.5) is 9.59 Å². The molecule has 5 fully saturated rings. The van der Waals surface area contributed by atoms with Crippen molar-refractivity contribution < 1.29 is 33.4 Å². The minimum Gasteiger partial charge on any atom is -0.464 e. The number of imidazole rings is 2. The van der Waals surface area contributed by atoms with Crippen molar-refractivity contribution in [2.45, 2.75) is 115 Å². The summed E-state index contributed by atoms with van der Waals surface area (Å²) >= 11 is 1.83. The van der Waals surface area contributed by atoms with Gasteiger partial charge in [-0.2, -0.15) is 0 Å². The van der Waals surface area contributed by atoms with E-state index < -0.39 is 30.5 Å². The molecule has 3 aliphatic heterocycles. The molecule has 12 rings (SSSR count). The first-order valence-electron chi connectivity index (χ1n) is 24.4. The number of rotatable bonds is 12. The van der Waals surface area contributed by atoms with E-state index in [1.807, 2.05) is 61.2 Å². The van der Waals surface area contributed by atoms with Crippen LogP contribution in [0.5, 0.6) is 5.75 Å². The molecule has 16 nitrogen and oxygen atoms in total. The van der Waals surface area contributed by atoms with Crippen molar-refractivity contribution in [3.8, 4) is 39.5 Å². The minimum absolute atomic E-state index is 0.106. The maximum atomic E-state index is 14.1. The molecule has 0 radical (unpaired) electrons. The van der Waals surface area contributed by atoms with Gasteiger partial charge in [0, 0.05) is 39.0 Å². The maximum Gasteiger partial charge on any atom is 0.407 e. The average Bonchev–Trinajstić information content (AvgIpc) is 4.15. The van der Waals surface area contributed by atoms with Crippen molar-refractivity contribution in [1.29, 1.82) is 0 Å². The van der Waals surface area contributed by atoms with Gasteiger partial charge in [-0.3, -0.25) is 14.2 Å². The van der Waals surface area contributed by atoms with Gasteiger partial charge in [0.15, 0.2) is 0 Å². The lowest BCUT2D eigenvalue weighted by Gasteiger charge is -2.32. The molecule has 2 saturated heterocycles. The Morgan fingerprint density at radius 3 is 1.81 bits per heavy atom. The Morgan fingerprint density at radius 2 is 1.26 bits per heavy atom. The molecule has 358 valence electrons. The van der Waals surface area contributed by atoms with Crippen LogP contribution in [-0.2, 0) is 19.1 Å². The molecule has 69 heavy (non-hydrogen) atoms.